The molecule has 8 heteroatoms. The molecule has 0 fully saturated rings. The number of ether oxygens (including phenoxy) is 3. The molecular weight excluding hydrogens is 518 g/mol. The highest BCUT2D eigenvalue weighted by molar-refractivity contribution is 9.10. The van der Waals surface area contributed by atoms with Crippen molar-refractivity contribution in [1.82, 2.24) is 0 Å². The Morgan fingerprint density at radius 3 is 2.44 bits per heavy atom. The summed E-state index contributed by atoms with van der Waals surface area (Å²) in [7, 11) is 0. The Morgan fingerprint density at radius 2 is 1.76 bits per heavy atom. The van der Waals surface area contributed by atoms with Gasteiger partial charge in [0.25, 0.3) is 0 Å². The van der Waals surface area contributed by atoms with E-state index in [1.807, 2.05) is 69.3 Å². The zero-order valence-corrected chi connectivity index (χ0v) is 22.1. The number of carbonyl (C=O) groups excluding carboxylic acids is 2. The fourth-order valence-electron chi connectivity index (χ4n) is 3.05. The largest absolute Gasteiger partial charge is 0.489 e. The van der Waals surface area contributed by atoms with Gasteiger partial charge in [0.1, 0.15) is 27.8 Å². The summed E-state index contributed by atoms with van der Waals surface area (Å²) in [5.41, 5.74) is 1.15. The van der Waals surface area contributed by atoms with E-state index < -0.39 is 17.7 Å². The van der Waals surface area contributed by atoms with Crippen LogP contribution in [-0.4, -0.2) is 24.3 Å². The van der Waals surface area contributed by atoms with E-state index in [0.717, 1.165) is 15.6 Å². The smallest absolute Gasteiger partial charge is 0.415 e. The Balaban J connectivity index is 1.90. The lowest BCUT2D eigenvalue weighted by atomic mass is 10.2. The molecule has 0 N–H and O–H groups in total. The van der Waals surface area contributed by atoms with E-state index in [1.54, 1.807) is 19.1 Å². The normalized spacial score (nSPS) is 11.1. The van der Waals surface area contributed by atoms with E-state index in [4.69, 9.17) is 14.2 Å². The third kappa shape index (κ3) is 7.33. The van der Waals surface area contributed by atoms with Crippen molar-refractivity contribution < 1.29 is 23.8 Å². The van der Waals surface area contributed by atoms with Crippen LogP contribution in [0.15, 0.2) is 65.1 Å². The van der Waals surface area contributed by atoms with Gasteiger partial charge in [-0.15, -0.1) is 11.3 Å². The van der Waals surface area contributed by atoms with Gasteiger partial charge in [-0.3, -0.25) is 4.90 Å². The first kappa shape index (κ1) is 25.8. The van der Waals surface area contributed by atoms with Crippen LogP contribution in [0.4, 0.5) is 9.80 Å². The molecule has 0 bridgehead atoms. The number of halogens is 1. The van der Waals surface area contributed by atoms with Crippen LogP contribution < -0.4 is 9.64 Å². The second-order valence-electron chi connectivity index (χ2n) is 8.45. The van der Waals surface area contributed by atoms with Crippen molar-refractivity contribution in [2.24, 2.45) is 0 Å². The summed E-state index contributed by atoms with van der Waals surface area (Å²) in [5.74, 6) is 0.236. The number of esters is 1. The summed E-state index contributed by atoms with van der Waals surface area (Å²) in [5, 5.41) is 0.575. The molecule has 2 aromatic carbocycles. The van der Waals surface area contributed by atoms with E-state index >= 15 is 0 Å². The highest BCUT2D eigenvalue weighted by Gasteiger charge is 2.27. The molecule has 0 aliphatic carbocycles. The molecular formula is C26H28BrNO5S. The highest BCUT2D eigenvalue weighted by atomic mass is 79.9. The van der Waals surface area contributed by atoms with Crippen molar-refractivity contribution in [2.45, 2.75) is 46.4 Å². The van der Waals surface area contributed by atoms with Crippen molar-refractivity contribution in [1.29, 1.82) is 0 Å². The Bertz CT molecular complexity index is 1120. The van der Waals surface area contributed by atoms with Gasteiger partial charge in [0.2, 0.25) is 0 Å². The first-order valence-corrected chi connectivity index (χ1v) is 12.5. The molecule has 0 spiro atoms. The van der Waals surface area contributed by atoms with Gasteiger partial charge in [0.05, 0.1) is 13.2 Å². The van der Waals surface area contributed by atoms with E-state index in [0.29, 0.717) is 22.2 Å². The molecule has 1 aromatic heterocycles. The minimum Gasteiger partial charge on any atom is -0.489 e. The summed E-state index contributed by atoms with van der Waals surface area (Å²) < 4.78 is 17.7. The predicted octanol–water partition coefficient (Wildman–Crippen LogP) is 7.21. The van der Waals surface area contributed by atoms with E-state index in [-0.39, 0.29) is 13.2 Å². The summed E-state index contributed by atoms with van der Waals surface area (Å²) in [6, 6.07) is 18.9. The molecule has 3 rings (SSSR count). The van der Waals surface area contributed by atoms with Crippen molar-refractivity contribution >= 4 is 44.3 Å². The quantitative estimate of drug-likeness (QED) is 0.280. The monoisotopic (exact) mass is 545 g/mol. The van der Waals surface area contributed by atoms with Crippen LogP contribution >= 0.6 is 27.3 Å². The fourth-order valence-corrected chi connectivity index (χ4v) is 4.35. The zero-order valence-electron chi connectivity index (χ0n) is 19.7. The van der Waals surface area contributed by atoms with Crippen molar-refractivity contribution in [3.05, 3.63) is 81.1 Å². The number of hydrogen-bond donors (Lipinski definition) is 0. The lowest BCUT2D eigenvalue weighted by Crippen LogP contribution is -2.36. The average Bonchev–Trinajstić information content (AvgIpc) is 3.26. The van der Waals surface area contributed by atoms with Crippen LogP contribution in [0.2, 0.25) is 0 Å². The first-order valence-electron chi connectivity index (χ1n) is 10.9. The molecule has 180 valence electrons. The molecule has 1 heterocycles. The van der Waals surface area contributed by atoms with Crippen molar-refractivity contribution in [3.63, 3.8) is 0 Å². The summed E-state index contributed by atoms with van der Waals surface area (Å²) >= 11 is 4.70. The number of hydrogen-bond acceptors (Lipinski definition) is 6. The maximum Gasteiger partial charge on any atom is 0.415 e. The molecule has 3 aromatic rings. The average molecular weight is 546 g/mol. The van der Waals surface area contributed by atoms with Crippen LogP contribution in [0, 0.1) is 0 Å². The van der Waals surface area contributed by atoms with Gasteiger partial charge >= 0.3 is 12.1 Å². The third-order valence-electron chi connectivity index (χ3n) is 4.54. The van der Waals surface area contributed by atoms with E-state index in [9.17, 15) is 9.59 Å². The second kappa shape index (κ2) is 11.5. The molecule has 34 heavy (non-hydrogen) atoms. The number of anilines is 1. The van der Waals surface area contributed by atoms with Crippen molar-refractivity contribution in [3.8, 4) is 5.75 Å². The van der Waals surface area contributed by atoms with Crippen LogP contribution in [0.5, 0.6) is 5.75 Å². The fraction of sp³-hybridized carbons (Fsp3) is 0.308. The number of benzene rings is 2. The Hall–Kier alpha value is -2.84. The Kier molecular flexibility index (Phi) is 8.74. The third-order valence-corrected chi connectivity index (χ3v) is 6.12. The van der Waals surface area contributed by atoms with Gasteiger partial charge in [-0.1, -0.05) is 46.3 Å². The predicted molar refractivity (Wildman–Crippen MR) is 138 cm³/mol. The summed E-state index contributed by atoms with van der Waals surface area (Å²) in [6.07, 6.45) is -0.515. The van der Waals surface area contributed by atoms with Gasteiger partial charge in [0, 0.05) is 10.0 Å². The molecule has 6 nitrogen and oxygen atoms in total. The van der Waals surface area contributed by atoms with Gasteiger partial charge in [-0.05, 0) is 63.6 Å². The summed E-state index contributed by atoms with van der Waals surface area (Å²) in [6.45, 7) is 8.07. The van der Waals surface area contributed by atoms with E-state index in [1.165, 1.54) is 16.2 Å². The minimum atomic E-state index is -0.680. The molecule has 1 amide bonds. The maximum atomic E-state index is 13.2. The topological polar surface area (TPSA) is 65.1 Å². The first-order chi connectivity index (χ1) is 16.2. The summed E-state index contributed by atoms with van der Waals surface area (Å²) in [4.78, 5) is 27.3. The van der Waals surface area contributed by atoms with Crippen LogP contribution in [0.1, 0.15) is 48.5 Å². The zero-order chi connectivity index (χ0) is 24.7. The van der Waals surface area contributed by atoms with E-state index in [2.05, 4.69) is 15.9 Å². The lowest BCUT2D eigenvalue weighted by Gasteiger charge is -2.27. The molecule has 0 aliphatic rings. The van der Waals surface area contributed by atoms with Gasteiger partial charge in [0.15, 0.2) is 0 Å². The number of thiophene rings is 1. The highest BCUT2D eigenvalue weighted by Crippen LogP contribution is 2.32. The van der Waals surface area contributed by atoms with Crippen LogP contribution in [0.3, 0.4) is 0 Å². The number of carbonyl (C=O) groups is 2. The maximum absolute atomic E-state index is 13.2. The molecule has 0 saturated carbocycles. The van der Waals surface area contributed by atoms with Crippen molar-refractivity contribution in [2.75, 3.05) is 11.5 Å². The van der Waals surface area contributed by atoms with Crippen LogP contribution in [0.25, 0.3) is 0 Å². The van der Waals surface area contributed by atoms with Gasteiger partial charge < -0.3 is 14.2 Å². The Labute approximate surface area is 212 Å². The standard InChI is InChI=1S/C26H28BrNO5S/c1-5-31-24(29)22-13-14-23(34-22)28(25(30)33-26(2,3)4)16-19-15-20(27)11-12-21(19)32-17-18-9-7-6-8-10-18/h6-15H,5,16-17H2,1-4H3. The molecule has 0 aliphatic heterocycles. The molecule has 0 atom stereocenters. The lowest BCUT2D eigenvalue weighted by molar-refractivity contribution is 0.0529. The molecule has 0 unspecified atom stereocenters. The van der Waals surface area contributed by atoms with Gasteiger partial charge in [-0.25, -0.2) is 9.59 Å². The Morgan fingerprint density at radius 1 is 1.03 bits per heavy atom. The minimum absolute atomic E-state index is 0.196. The van der Waals surface area contributed by atoms with Gasteiger partial charge in [-0.2, -0.15) is 0 Å². The molecule has 0 radical (unpaired) electrons. The SMILES string of the molecule is CCOC(=O)c1ccc(N(Cc2cc(Br)ccc2OCc2ccccc2)C(=O)OC(C)(C)C)s1. The molecule has 0 saturated heterocycles. The number of nitrogens with zero attached hydrogens (tertiary/aromatic N) is 1. The number of amides is 1. The number of rotatable bonds is 8. The second-order valence-corrected chi connectivity index (χ2v) is 10.4. The van der Waals surface area contributed by atoms with Crippen LogP contribution in [-0.2, 0) is 22.6 Å².